The minimum atomic E-state index is 0.212. The fourth-order valence-electron chi connectivity index (χ4n) is 3.04. The Hall–Kier alpha value is -2.96. The van der Waals surface area contributed by atoms with Gasteiger partial charge in [-0.2, -0.15) is 5.10 Å². The standard InChI is InChI=1S/C18H20N4O3/c1-13(4-8-21-7-3-5-20-21)22-9-6-19-18(22)14-10-15(23-2)17-16(11-14)24-12-25-17/h3,5-7,9-11,13H,4,8,12H2,1-2H3/t13-/m1/s1. The van der Waals surface area contributed by atoms with Crippen molar-refractivity contribution in [2.24, 2.45) is 0 Å². The highest BCUT2D eigenvalue weighted by Crippen LogP contribution is 2.44. The van der Waals surface area contributed by atoms with E-state index in [0.717, 1.165) is 24.4 Å². The molecule has 2 aromatic heterocycles. The summed E-state index contributed by atoms with van der Waals surface area (Å²) in [6.45, 7) is 3.25. The molecule has 1 aliphatic heterocycles. The molecule has 0 radical (unpaired) electrons. The Bertz CT molecular complexity index is 857. The molecule has 0 bridgehead atoms. The Labute approximate surface area is 145 Å². The molecule has 0 spiro atoms. The molecule has 3 aromatic rings. The van der Waals surface area contributed by atoms with Gasteiger partial charge in [0.25, 0.3) is 0 Å². The van der Waals surface area contributed by atoms with Crippen molar-refractivity contribution in [3.63, 3.8) is 0 Å². The average Bonchev–Trinajstić information content (AvgIpc) is 3.39. The van der Waals surface area contributed by atoms with E-state index < -0.39 is 0 Å². The van der Waals surface area contributed by atoms with Gasteiger partial charge in [-0.3, -0.25) is 4.68 Å². The first-order chi connectivity index (χ1) is 12.3. The van der Waals surface area contributed by atoms with E-state index in [0.29, 0.717) is 17.2 Å². The number of benzene rings is 1. The zero-order chi connectivity index (χ0) is 17.2. The number of imidazole rings is 1. The van der Waals surface area contributed by atoms with E-state index in [-0.39, 0.29) is 12.8 Å². The normalized spacial score (nSPS) is 13.8. The molecule has 25 heavy (non-hydrogen) atoms. The lowest BCUT2D eigenvalue weighted by Gasteiger charge is -2.17. The smallest absolute Gasteiger partial charge is 0.231 e. The van der Waals surface area contributed by atoms with Crippen LogP contribution in [0.4, 0.5) is 0 Å². The average molecular weight is 340 g/mol. The van der Waals surface area contributed by atoms with Crippen molar-refractivity contribution >= 4 is 0 Å². The zero-order valence-corrected chi connectivity index (χ0v) is 14.3. The van der Waals surface area contributed by atoms with Gasteiger partial charge >= 0.3 is 0 Å². The van der Waals surface area contributed by atoms with Gasteiger partial charge in [-0.15, -0.1) is 0 Å². The third-order valence-electron chi connectivity index (χ3n) is 4.40. The van der Waals surface area contributed by atoms with Crippen LogP contribution in [0.25, 0.3) is 11.4 Å². The van der Waals surface area contributed by atoms with E-state index in [4.69, 9.17) is 14.2 Å². The van der Waals surface area contributed by atoms with Crippen molar-refractivity contribution in [1.82, 2.24) is 19.3 Å². The molecule has 7 heteroatoms. The number of aromatic nitrogens is 4. The van der Waals surface area contributed by atoms with E-state index in [2.05, 4.69) is 21.6 Å². The van der Waals surface area contributed by atoms with Crippen LogP contribution in [0.5, 0.6) is 17.2 Å². The van der Waals surface area contributed by atoms with Gasteiger partial charge in [0.05, 0.1) is 7.11 Å². The zero-order valence-electron chi connectivity index (χ0n) is 14.3. The second-order valence-electron chi connectivity index (χ2n) is 5.98. The molecule has 130 valence electrons. The number of ether oxygens (including phenoxy) is 3. The first-order valence-corrected chi connectivity index (χ1v) is 8.24. The van der Waals surface area contributed by atoms with Crippen molar-refractivity contribution in [3.05, 3.63) is 43.0 Å². The number of aryl methyl sites for hydroxylation is 1. The van der Waals surface area contributed by atoms with Crippen LogP contribution in [0, 0.1) is 0 Å². The third kappa shape index (κ3) is 2.93. The molecule has 3 heterocycles. The first-order valence-electron chi connectivity index (χ1n) is 8.24. The Morgan fingerprint density at radius 2 is 2.16 bits per heavy atom. The van der Waals surface area contributed by atoms with Crippen molar-refractivity contribution in [3.8, 4) is 28.6 Å². The van der Waals surface area contributed by atoms with E-state index in [1.165, 1.54) is 0 Å². The minimum absolute atomic E-state index is 0.212. The molecule has 1 aromatic carbocycles. The summed E-state index contributed by atoms with van der Waals surface area (Å²) in [4.78, 5) is 4.54. The van der Waals surface area contributed by atoms with Crippen LogP contribution >= 0.6 is 0 Å². The fourth-order valence-corrected chi connectivity index (χ4v) is 3.04. The second-order valence-corrected chi connectivity index (χ2v) is 5.98. The van der Waals surface area contributed by atoms with Gasteiger partial charge in [0.2, 0.25) is 12.5 Å². The number of fused-ring (bicyclic) bond motifs is 1. The van der Waals surface area contributed by atoms with E-state index in [1.807, 2.05) is 41.5 Å². The number of nitrogens with zero attached hydrogens (tertiary/aromatic N) is 4. The van der Waals surface area contributed by atoms with Gasteiger partial charge in [-0.05, 0) is 31.5 Å². The molecule has 7 nitrogen and oxygen atoms in total. The van der Waals surface area contributed by atoms with Crippen molar-refractivity contribution < 1.29 is 14.2 Å². The summed E-state index contributed by atoms with van der Waals surface area (Å²) in [5.41, 5.74) is 0.942. The Balaban J connectivity index is 1.61. The predicted octanol–water partition coefficient (Wildman–Crippen LogP) is 3.14. The summed E-state index contributed by atoms with van der Waals surface area (Å²) in [5, 5.41) is 4.26. The second kappa shape index (κ2) is 6.51. The SMILES string of the molecule is COc1cc(-c2nccn2[C@H](C)CCn2cccn2)cc2c1OCO2. The summed E-state index contributed by atoms with van der Waals surface area (Å²) in [7, 11) is 1.63. The summed E-state index contributed by atoms with van der Waals surface area (Å²) >= 11 is 0. The Morgan fingerprint density at radius 3 is 2.96 bits per heavy atom. The lowest BCUT2D eigenvalue weighted by molar-refractivity contribution is 0.171. The molecular formula is C18H20N4O3. The van der Waals surface area contributed by atoms with Gasteiger partial charge < -0.3 is 18.8 Å². The molecule has 1 aliphatic rings. The van der Waals surface area contributed by atoms with Crippen molar-refractivity contribution in [2.45, 2.75) is 25.9 Å². The van der Waals surface area contributed by atoms with Gasteiger partial charge in [0.15, 0.2) is 11.5 Å². The molecule has 0 amide bonds. The number of rotatable bonds is 6. The topological polar surface area (TPSA) is 63.3 Å². The Kier molecular flexibility index (Phi) is 4.05. The van der Waals surface area contributed by atoms with Crippen LogP contribution in [-0.4, -0.2) is 33.2 Å². The third-order valence-corrected chi connectivity index (χ3v) is 4.40. The minimum Gasteiger partial charge on any atom is -0.493 e. The molecule has 0 fully saturated rings. The number of hydrogen-bond donors (Lipinski definition) is 0. The van der Waals surface area contributed by atoms with Gasteiger partial charge in [-0.1, -0.05) is 0 Å². The van der Waals surface area contributed by atoms with Gasteiger partial charge in [0.1, 0.15) is 5.82 Å². The highest BCUT2D eigenvalue weighted by atomic mass is 16.7. The number of hydrogen-bond acceptors (Lipinski definition) is 5. The number of methoxy groups -OCH3 is 1. The van der Waals surface area contributed by atoms with Crippen LogP contribution in [0.2, 0.25) is 0 Å². The Morgan fingerprint density at radius 1 is 1.24 bits per heavy atom. The van der Waals surface area contributed by atoms with Crippen molar-refractivity contribution in [1.29, 1.82) is 0 Å². The lowest BCUT2D eigenvalue weighted by atomic mass is 10.1. The van der Waals surface area contributed by atoms with E-state index >= 15 is 0 Å². The fraction of sp³-hybridized carbons (Fsp3) is 0.333. The first kappa shape index (κ1) is 15.6. The summed E-state index contributed by atoms with van der Waals surface area (Å²) in [6, 6.07) is 6.10. The molecular weight excluding hydrogens is 320 g/mol. The predicted molar refractivity (Wildman–Crippen MR) is 91.9 cm³/mol. The molecule has 1 atom stereocenters. The quantitative estimate of drug-likeness (QED) is 0.690. The van der Waals surface area contributed by atoms with E-state index in [9.17, 15) is 0 Å². The van der Waals surface area contributed by atoms with Crippen LogP contribution in [0.15, 0.2) is 43.0 Å². The molecule has 0 unspecified atom stereocenters. The van der Waals surface area contributed by atoms with Crippen molar-refractivity contribution in [2.75, 3.05) is 13.9 Å². The van der Waals surface area contributed by atoms with Crippen LogP contribution < -0.4 is 14.2 Å². The largest absolute Gasteiger partial charge is 0.493 e. The maximum Gasteiger partial charge on any atom is 0.231 e. The summed E-state index contributed by atoms with van der Waals surface area (Å²) < 4.78 is 20.5. The van der Waals surface area contributed by atoms with Crippen LogP contribution in [-0.2, 0) is 6.54 Å². The highest BCUT2D eigenvalue weighted by Gasteiger charge is 2.22. The van der Waals surface area contributed by atoms with Crippen LogP contribution in [0.1, 0.15) is 19.4 Å². The van der Waals surface area contributed by atoms with E-state index in [1.54, 1.807) is 13.3 Å². The van der Waals surface area contributed by atoms with Gasteiger partial charge in [0, 0.05) is 42.9 Å². The molecule has 0 saturated heterocycles. The monoisotopic (exact) mass is 340 g/mol. The molecule has 0 saturated carbocycles. The summed E-state index contributed by atoms with van der Waals surface area (Å²) in [5.74, 6) is 2.87. The maximum absolute atomic E-state index is 5.53. The summed E-state index contributed by atoms with van der Waals surface area (Å²) in [6.07, 6.45) is 8.54. The van der Waals surface area contributed by atoms with Gasteiger partial charge in [-0.25, -0.2) is 4.98 Å². The maximum atomic E-state index is 5.53. The van der Waals surface area contributed by atoms with Crippen LogP contribution in [0.3, 0.4) is 0 Å². The molecule has 4 rings (SSSR count). The molecule has 0 N–H and O–H groups in total. The molecule has 0 aliphatic carbocycles. The highest BCUT2D eigenvalue weighted by molar-refractivity contribution is 5.67. The lowest BCUT2D eigenvalue weighted by Crippen LogP contribution is -2.10.